The van der Waals surface area contributed by atoms with Crippen molar-refractivity contribution in [3.63, 3.8) is 0 Å². The molecule has 1 unspecified atom stereocenters. The molecule has 3 aliphatic heterocycles. The van der Waals surface area contributed by atoms with Gasteiger partial charge >= 0.3 is 0 Å². The first-order chi connectivity index (χ1) is 29.6. The van der Waals surface area contributed by atoms with Crippen molar-refractivity contribution < 1.29 is 67.8 Å². The fraction of sp³-hybridized carbons (Fsp3) is 0.684. The van der Waals surface area contributed by atoms with Gasteiger partial charge in [-0.1, -0.05) is 82.9 Å². The Hall–Kier alpha value is -4.22. The predicted octanol–water partition coefficient (Wildman–Crippen LogP) is 2.99. The zero-order valence-electron chi connectivity index (χ0n) is 33.0. The van der Waals surface area contributed by atoms with Crippen LogP contribution in [0.1, 0.15) is 30.9 Å². The number of aliphatic hydroxyl groups is 5. The molecule has 22 nitrogen and oxygen atoms in total. The van der Waals surface area contributed by atoms with E-state index >= 15 is 4.39 Å². The first-order valence-corrected chi connectivity index (χ1v) is 19.8. The number of nitrogens with zero attached hydrogens (tertiary/aromatic N) is 9. The minimum absolute atomic E-state index is 0.00343. The van der Waals surface area contributed by atoms with Gasteiger partial charge in [0.05, 0.1) is 69.5 Å². The molecule has 4 aliphatic rings. The molecule has 0 bridgehead atoms. The fourth-order valence-electron chi connectivity index (χ4n) is 7.98. The molecule has 4 fully saturated rings. The van der Waals surface area contributed by atoms with Crippen molar-refractivity contribution in [1.82, 2.24) is 0 Å². The second-order valence-electron chi connectivity index (χ2n) is 15.2. The SMILES string of the molecule is C[C@H]1CC(N=[N+]=[N-])[C@H](O)[C@@H](O[C@@H]2O[C@H](CO)[C@@H](O[C@@H]3C[C@@H](O)[C@H](O)[C@H](CN=[N+]=[N-])O3)[C@H]2O)[C@@H]1O[C@H]1O[C@H](CN=[N+]=[N-])[C@@H](OCc2ccccc2)[C@H](F)[C@H]1OCc1ccccc1. The molecule has 18 atom stereocenters. The lowest BCUT2D eigenvalue weighted by Gasteiger charge is -2.48. The molecule has 0 radical (unpaired) electrons. The van der Waals surface area contributed by atoms with E-state index in [4.69, 9.17) is 43.4 Å². The molecule has 23 heteroatoms. The topological polar surface area (TPSA) is 321 Å². The van der Waals surface area contributed by atoms with E-state index in [1.807, 2.05) is 12.1 Å². The Morgan fingerprint density at radius 3 is 1.85 bits per heavy atom. The maximum absolute atomic E-state index is 17.0. The van der Waals surface area contributed by atoms with Crippen LogP contribution in [0.15, 0.2) is 76.0 Å². The van der Waals surface area contributed by atoms with Crippen molar-refractivity contribution >= 4 is 0 Å². The molecular formula is C38H50FN9O13. The number of benzene rings is 2. The average molecular weight is 860 g/mol. The molecule has 1 saturated carbocycles. The van der Waals surface area contributed by atoms with E-state index < -0.39 is 117 Å². The highest BCUT2D eigenvalue weighted by molar-refractivity contribution is 5.15. The van der Waals surface area contributed by atoms with E-state index in [9.17, 15) is 36.6 Å². The second-order valence-corrected chi connectivity index (χ2v) is 15.2. The highest BCUT2D eigenvalue weighted by Gasteiger charge is 2.55. The number of azide groups is 3. The predicted molar refractivity (Wildman–Crippen MR) is 206 cm³/mol. The Bertz CT molecular complexity index is 1830. The average Bonchev–Trinajstić information content (AvgIpc) is 3.56. The molecular weight excluding hydrogens is 809 g/mol. The van der Waals surface area contributed by atoms with Crippen molar-refractivity contribution in [3.05, 3.63) is 103 Å². The molecule has 5 N–H and O–H groups in total. The molecule has 0 amide bonds. The van der Waals surface area contributed by atoms with Gasteiger partial charge in [0.15, 0.2) is 25.0 Å². The van der Waals surface area contributed by atoms with Gasteiger partial charge in [0.2, 0.25) is 0 Å². The van der Waals surface area contributed by atoms with Crippen molar-refractivity contribution in [1.29, 1.82) is 0 Å². The molecule has 61 heavy (non-hydrogen) atoms. The zero-order valence-corrected chi connectivity index (χ0v) is 33.0. The molecule has 332 valence electrons. The van der Waals surface area contributed by atoms with Crippen LogP contribution in [0.2, 0.25) is 0 Å². The maximum Gasteiger partial charge on any atom is 0.187 e. The van der Waals surface area contributed by atoms with Crippen LogP contribution < -0.4 is 0 Å². The van der Waals surface area contributed by atoms with Crippen LogP contribution in [0.25, 0.3) is 31.3 Å². The first kappa shape index (κ1) is 46.3. The highest BCUT2D eigenvalue weighted by Crippen LogP contribution is 2.39. The number of halogens is 1. The van der Waals surface area contributed by atoms with E-state index in [2.05, 4.69) is 30.1 Å². The number of rotatable bonds is 18. The molecule has 0 spiro atoms. The molecule has 2 aromatic carbocycles. The lowest BCUT2D eigenvalue weighted by Crippen LogP contribution is -2.62. The summed E-state index contributed by atoms with van der Waals surface area (Å²) in [5.74, 6) is -0.598. The van der Waals surface area contributed by atoms with Crippen molar-refractivity contribution in [2.75, 3.05) is 19.7 Å². The summed E-state index contributed by atoms with van der Waals surface area (Å²) >= 11 is 0. The minimum atomic E-state index is -1.92. The van der Waals surface area contributed by atoms with E-state index in [-0.39, 0.29) is 39.1 Å². The van der Waals surface area contributed by atoms with Crippen molar-refractivity contribution in [2.24, 2.45) is 21.3 Å². The standard InChI is InChI=1S/C38H50FN9O13/c1-19-12-22(45-48-42)29(51)36(61-37-31(53)34(26(16-49)58-37)59-27-13-23(50)30(52)24(56-27)14-43-46-40)32(19)60-38-35(55-18-21-10-6-3-7-11-21)28(39)33(25(57-38)15-44-47-41)54-17-20-8-4-2-5-9-20/h2-11,19,22-38,49-53H,12-18H2,1H3/t19-,22?,23+,24-,25+,26+,27+,28-,29-,30-,31+,32+,33+,34+,35+,36+,37-,38+/m0/s1. The first-order valence-electron chi connectivity index (χ1n) is 19.8. The summed E-state index contributed by atoms with van der Waals surface area (Å²) in [4.78, 5) is 8.35. The van der Waals surface area contributed by atoms with Gasteiger partial charge in [0.25, 0.3) is 0 Å². The monoisotopic (exact) mass is 859 g/mol. The van der Waals surface area contributed by atoms with Crippen molar-refractivity contribution in [2.45, 2.75) is 137 Å². The number of alkyl halides is 1. The third kappa shape index (κ3) is 11.4. The molecule has 0 aromatic heterocycles. The van der Waals surface area contributed by atoms with E-state index in [1.54, 1.807) is 55.5 Å². The summed E-state index contributed by atoms with van der Waals surface area (Å²) in [5, 5.41) is 65.0. The Balaban J connectivity index is 1.25. The molecule has 3 heterocycles. The van der Waals surface area contributed by atoms with Crippen LogP contribution in [0.3, 0.4) is 0 Å². The summed E-state index contributed by atoms with van der Waals surface area (Å²) in [7, 11) is 0. The third-order valence-corrected chi connectivity index (χ3v) is 11.1. The van der Waals surface area contributed by atoms with Gasteiger partial charge in [-0.3, -0.25) is 0 Å². The minimum Gasteiger partial charge on any atom is -0.394 e. The summed E-state index contributed by atoms with van der Waals surface area (Å²) < 4.78 is 65.9. The van der Waals surface area contributed by atoms with Gasteiger partial charge < -0.3 is 63.4 Å². The number of aliphatic hydroxyl groups excluding tert-OH is 5. The summed E-state index contributed by atoms with van der Waals surface area (Å²) in [5.41, 5.74) is 28.8. The number of ether oxygens (including phenoxy) is 8. The largest absolute Gasteiger partial charge is 0.394 e. The van der Waals surface area contributed by atoms with E-state index in [0.717, 1.165) is 5.56 Å². The van der Waals surface area contributed by atoms with Gasteiger partial charge in [0, 0.05) is 21.2 Å². The normalized spacial score (nSPS) is 38.7. The third-order valence-electron chi connectivity index (χ3n) is 11.1. The molecule has 2 aromatic rings. The van der Waals surface area contributed by atoms with Crippen LogP contribution in [0.4, 0.5) is 4.39 Å². The number of hydrogen-bond donors (Lipinski definition) is 5. The summed E-state index contributed by atoms with van der Waals surface area (Å²) in [6, 6.07) is 17.0. The van der Waals surface area contributed by atoms with Crippen LogP contribution in [-0.4, -0.2) is 150 Å². The summed E-state index contributed by atoms with van der Waals surface area (Å²) in [6.07, 6.45) is -22.9. The quantitative estimate of drug-likeness (QED) is 0.0819. The van der Waals surface area contributed by atoms with Crippen LogP contribution in [0, 0.1) is 5.92 Å². The Labute approximate surface area is 348 Å². The maximum atomic E-state index is 17.0. The van der Waals surface area contributed by atoms with Gasteiger partial charge in [-0.15, -0.1) is 0 Å². The van der Waals surface area contributed by atoms with Gasteiger partial charge in [0.1, 0.15) is 42.7 Å². The van der Waals surface area contributed by atoms with Gasteiger partial charge in [-0.05, 0) is 40.1 Å². The molecule has 3 saturated heterocycles. The fourth-order valence-corrected chi connectivity index (χ4v) is 7.98. The van der Waals surface area contributed by atoms with E-state index in [0.29, 0.717) is 5.56 Å². The van der Waals surface area contributed by atoms with Crippen LogP contribution >= 0.6 is 0 Å². The second kappa shape index (κ2) is 22.2. The van der Waals surface area contributed by atoms with Gasteiger partial charge in [-0.25, -0.2) is 4.39 Å². The molecule has 1 aliphatic carbocycles. The Morgan fingerprint density at radius 2 is 1.25 bits per heavy atom. The lowest BCUT2D eigenvalue weighted by atomic mass is 9.80. The smallest absolute Gasteiger partial charge is 0.187 e. The molecule has 6 rings (SSSR count). The van der Waals surface area contributed by atoms with E-state index in [1.165, 1.54) is 0 Å². The van der Waals surface area contributed by atoms with Gasteiger partial charge in [-0.2, -0.15) is 0 Å². The zero-order chi connectivity index (χ0) is 43.5. The van der Waals surface area contributed by atoms with Crippen LogP contribution in [-0.2, 0) is 51.1 Å². The highest BCUT2D eigenvalue weighted by atomic mass is 19.1. The summed E-state index contributed by atoms with van der Waals surface area (Å²) in [6.45, 7) is 0.271. The van der Waals surface area contributed by atoms with Crippen molar-refractivity contribution in [3.8, 4) is 0 Å². The Morgan fingerprint density at radius 1 is 0.656 bits per heavy atom. The van der Waals surface area contributed by atoms with Crippen LogP contribution in [0.5, 0.6) is 0 Å². The Kier molecular flexibility index (Phi) is 16.9. The number of hydrogen-bond acceptors (Lipinski definition) is 16. The lowest BCUT2D eigenvalue weighted by molar-refractivity contribution is -0.337.